The maximum atomic E-state index is 11.8. The lowest BCUT2D eigenvalue weighted by atomic mass is 10.0. The molecule has 0 aromatic heterocycles. The van der Waals surface area contributed by atoms with E-state index in [0.717, 1.165) is 17.7 Å². The number of methoxy groups -OCH3 is 1. The first-order valence-corrected chi connectivity index (χ1v) is 7.04. The number of carbonyl (C=O) groups excluding carboxylic acids is 2. The monoisotopic (exact) mass is 292 g/mol. The molecule has 21 heavy (non-hydrogen) atoms. The van der Waals surface area contributed by atoms with E-state index in [1.807, 2.05) is 31.2 Å². The molecule has 0 saturated heterocycles. The maximum absolute atomic E-state index is 11.8. The van der Waals surface area contributed by atoms with Crippen LogP contribution in [0.4, 0.5) is 0 Å². The standard InChI is InChI=1S/C16H24N2O3/c1-5-18(12-15(19)17(2)3)11-14-9-7-6-8-13(14)10-16(20)21-4/h6-9H,5,10-12H2,1-4H3. The number of rotatable bonds is 7. The smallest absolute Gasteiger partial charge is 0.309 e. The van der Waals surface area contributed by atoms with E-state index in [9.17, 15) is 9.59 Å². The highest BCUT2D eigenvalue weighted by Gasteiger charge is 2.14. The zero-order valence-electron chi connectivity index (χ0n) is 13.3. The Balaban J connectivity index is 2.80. The molecule has 1 rings (SSSR count). The summed E-state index contributed by atoms with van der Waals surface area (Å²) < 4.78 is 4.72. The van der Waals surface area contributed by atoms with Crippen molar-refractivity contribution in [3.63, 3.8) is 0 Å². The molecule has 0 aliphatic rings. The summed E-state index contributed by atoms with van der Waals surface area (Å²) in [6.45, 7) is 3.80. The number of amides is 1. The van der Waals surface area contributed by atoms with Crippen molar-refractivity contribution in [1.82, 2.24) is 9.80 Å². The Hall–Kier alpha value is -1.88. The first kappa shape index (κ1) is 17.2. The second-order valence-corrected chi connectivity index (χ2v) is 5.11. The molecule has 0 saturated carbocycles. The van der Waals surface area contributed by atoms with E-state index in [-0.39, 0.29) is 18.3 Å². The minimum Gasteiger partial charge on any atom is -0.469 e. The van der Waals surface area contributed by atoms with Crippen LogP contribution >= 0.6 is 0 Å². The fourth-order valence-electron chi connectivity index (χ4n) is 1.96. The van der Waals surface area contributed by atoms with Gasteiger partial charge in [0.05, 0.1) is 20.1 Å². The average Bonchev–Trinajstić information content (AvgIpc) is 2.47. The summed E-state index contributed by atoms with van der Waals surface area (Å²) in [4.78, 5) is 26.9. The van der Waals surface area contributed by atoms with Gasteiger partial charge in [0.2, 0.25) is 5.91 Å². The summed E-state index contributed by atoms with van der Waals surface area (Å²) >= 11 is 0. The lowest BCUT2D eigenvalue weighted by molar-refractivity contribution is -0.139. The predicted octanol–water partition coefficient (Wildman–Crippen LogP) is 1.31. The summed E-state index contributed by atoms with van der Waals surface area (Å²) in [5, 5.41) is 0. The van der Waals surface area contributed by atoms with Gasteiger partial charge >= 0.3 is 5.97 Å². The molecule has 5 heteroatoms. The number of ether oxygens (including phenoxy) is 1. The van der Waals surface area contributed by atoms with Crippen LogP contribution in [0.3, 0.4) is 0 Å². The van der Waals surface area contributed by atoms with Gasteiger partial charge in [0, 0.05) is 20.6 Å². The Kier molecular flexibility index (Phi) is 6.88. The topological polar surface area (TPSA) is 49.9 Å². The normalized spacial score (nSPS) is 10.5. The number of carbonyl (C=O) groups is 2. The van der Waals surface area contributed by atoms with Crippen molar-refractivity contribution in [1.29, 1.82) is 0 Å². The summed E-state index contributed by atoms with van der Waals surface area (Å²) in [7, 11) is 4.89. The van der Waals surface area contributed by atoms with Crippen molar-refractivity contribution in [2.24, 2.45) is 0 Å². The van der Waals surface area contributed by atoms with Crippen LogP contribution in [0, 0.1) is 0 Å². The highest BCUT2D eigenvalue weighted by Crippen LogP contribution is 2.13. The van der Waals surface area contributed by atoms with E-state index < -0.39 is 0 Å². The molecule has 0 aliphatic carbocycles. The van der Waals surface area contributed by atoms with Crippen molar-refractivity contribution in [2.45, 2.75) is 19.9 Å². The van der Waals surface area contributed by atoms with Crippen molar-refractivity contribution >= 4 is 11.9 Å². The minimum atomic E-state index is -0.255. The van der Waals surface area contributed by atoms with Gasteiger partial charge in [0.1, 0.15) is 0 Å². The van der Waals surface area contributed by atoms with Gasteiger partial charge in [-0.1, -0.05) is 31.2 Å². The van der Waals surface area contributed by atoms with Crippen molar-refractivity contribution < 1.29 is 14.3 Å². The summed E-state index contributed by atoms with van der Waals surface area (Å²) in [5.41, 5.74) is 2.00. The van der Waals surface area contributed by atoms with E-state index in [4.69, 9.17) is 4.74 Å². The van der Waals surface area contributed by atoms with Crippen LogP contribution in [0.2, 0.25) is 0 Å². The third kappa shape index (κ3) is 5.55. The van der Waals surface area contributed by atoms with Gasteiger partial charge in [0.15, 0.2) is 0 Å². The molecule has 1 aromatic rings. The largest absolute Gasteiger partial charge is 0.469 e. The molecule has 5 nitrogen and oxygen atoms in total. The molecule has 0 bridgehead atoms. The second-order valence-electron chi connectivity index (χ2n) is 5.11. The predicted molar refractivity (Wildman–Crippen MR) is 81.8 cm³/mol. The Morgan fingerprint density at radius 2 is 1.76 bits per heavy atom. The van der Waals surface area contributed by atoms with Crippen LogP contribution < -0.4 is 0 Å². The highest BCUT2D eigenvalue weighted by atomic mass is 16.5. The van der Waals surface area contributed by atoms with Gasteiger partial charge in [0.25, 0.3) is 0 Å². The number of nitrogens with zero attached hydrogens (tertiary/aromatic N) is 2. The maximum Gasteiger partial charge on any atom is 0.309 e. The van der Waals surface area contributed by atoms with E-state index in [2.05, 4.69) is 4.90 Å². The molecule has 1 aromatic carbocycles. The van der Waals surface area contributed by atoms with Crippen molar-refractivity contribution in [3.05, 3.63) is 35.4 Å². The zero-order valence-corrected chi connectivity index (χ0v) is 13.3. The van der Waals surface area contributed by atoms with Gasteiger partial charge in [-0.25, -0.2) is 0 Å². The molecule has 0 radical (unpaired) electrons. The minimum absolute atomic E-state index is 0.0716. The van der Waals surface area contributed by atoms with Gasteiger partial charge in [-0.2, -0.15) is 0 Å². The SMILES string of the molecule is CCN(CC(=O)N(C)C)Cc1ccccc1CC(=O)OC. The van der Waals surface area contributed by atoms with Crippen LogP contribution in [0.5, 0.6) is 0 Å². The van der Waals surface area contributed by atoms with E-state index in [1.54, 1.807) is 19.0 Å². The van der Waals surface area contributed by atoms with Crippen LogP contribution in [0.15, 0.2) is 24.3 Å². The lowest BCUT2D eigenvalue weighted by Crippen LogP contribution is -2.36. The molecule has 0 heterocycles. The van der Waals surface area contributed by atoms with Crippen LogP contribution in [-0.2, 0) is 27.3 Å². The fourth-order valence-corrected chi connectivity index (χ4v) is 1.96. The van der Waals surface area contributed by atoms with Gasteiger partial charge in [-0.3, -0.25) is 14.5 Å². The number of benzene rings is 1. The molecule has 0 N–H and O–H groups in total. The van der Waals surface area contributed by atoms with Gasteiger partial charge in [-0.15, -0.1) is 0 Å². The fraction of sp³-hybridized carbons (Fsp3) is 0.500. The van der Waals surface area contributed by atoms with Gasteiger partial charge < -0.3 is 9.64 Å². The summed E-state index contributed by atoms with van der Waals surface area (Å²) in [6, 6.07) is 7.76. The second kappa shape index (κ2) is 8.42. The molecular formula is C16H24N2O3. The first-order valence-electron chi connectivity index (χ1n) is 7.04. The Labute approximate surface area is 126 Å². The Bertz CT molecular complexity index is 486. The van der Waals surface area contributed by atoms with Crippen molar-refractivity contribution in [2.75, 3.05) is 34.3 Å². The quantitative estimate of drug-likeness (QED) is 0.711. The molecule has 116 valence electrons. The number of esters is 1. The van der Waals surface area contributed by atoms with Crippen LogP contribution in [-0.4, -0.2) is 56.0 Å². The molecule has 0 unspecified atom stereocenters. The number of hydrogen-bond acceptors (Lipinski definition) is 4. The zero-order chi connectivity index (χ0) is 15.8. The summed E-state index contributed by atoms with van der Waals surface area (Å²) in [6.07, 6.45) is 0.256. The molecule has 0 spiro atoms. The molecule has 0 fully saturated rings. The number of hydrogen-bond donors (Lipinski definition) is 0. The van der Waals surface area contributed by atoms with Crippen LogP contribution in [0.25, 0.3) is 0 Å². The van der Waals surface area contributed by atoms with E-state index in [1.165, 1.54) is 7.11 Å². The van der Waals surface area contributed by atoms with E-state index >= 15 is 0 Å². The highest BCUT2D eigenvalue weighted by molar-refractivity contribution is 5.77. The van der Waals surface area contributed by atoms with E-state index in [0.29, 0.717) is 13.1 Å². The van der Waals surface area contributed by atoms with Crippen LogP contribution in [0.1, 0.15) is 18.1 Å². The van der Waals surface area contributed by atoms with Gasteiger partial charge in [-0.05, 0) is 17.7 Å². The number of likely N-dealkylation sites (N-methyl/N-ethyl adjacent to an activating group) is 2. The molecular weight excluding hydrogens is 268 g/mol. The third-order valence-electron chi connectivity index (χ3n) is 3.38. The Morgan fingerprint density at radius 3 is 2.29 bits per heavy atom. The summed E-state index contributed by atoms with van der Waals surface area (Å²) in [5.74, 6) is -0.183. The third-order valence-corrected chi connectivity index (χ3v) is 3.38. The first-order chi connectivity index (χ1) is 9.97. The molecule has 0 atom stereocenters. The van der Waals surface area contributed by atoms with Crippen molar-refractivity contribution in [3.8, 4) is 0 Å². The Morgan fingerprint density at radius 1 is 1.14 bits per heavy atom. The average molecular weight is 292 g/mol. The molecule has 0 aliphatic heterocycles. The lowest BCUT2D eigenvalue weighted by Gasteiger charge is -2.23. The molecule has 1 amide bonds.